The first-order valence-electron chi connectivity index (χ1n) is 8.11. The van der Waals surface area contributed by atoms with Gasteiger partial charge >= 0.3 is 0 Å². The molecule has 5 rings (SSSR count). The molecule has 23 heavy (non-hydrogen) atoms. The Bertz CT molecular complexity index is 871. The van der Waals surface area contributed by atoms with Crippen LogP contribution in [-0.4, -0.2) is 34.3 Å². The van der Waals surface area contributed by atoms with Gasteiger partial charge in [0, 0.05) is 19.0 Å². The maximum atomic E-state index is 4.49. The van der Waals surface area contributed by atoms with Gasteiger partial charge in [0.05, 0.1) is 12.9 Å². The number of hydrogen-bond acceptors (Lipinski definition) is 6. The summed E-state index contributed by atoms with van der Waals surface area (Å²) in [5.74, 6) is 3.36. The zero-order chi connectivity index (χ0) is 15.4. The average molecular weight is 310 g/mol. The topological polar surface area (TPSA) is 86.3 Å². The summed E-state index contributed by atoms with van der Waals surface area (Å²) < 4.78 is 4.24. The highest BCUT2D eigenvalue weighted by molar-refractivity contribution is 5.82. The van der Waals surface area contributed by atoms with Crippen molar-refractivity contribution >= 4 is 17.0 Å². The zero-order valence-corrected chi connectivity index (χ0v) is 13.0. The number of imidazole rings is 1. The summed E-state index contributed by atoms with van der Waals surface area (Å²) in [5.41, 5.74) is 1.73. The quantitative estimate of drug-likeness (QED) is 0.773. The van der Waals surface area contributed by atoms with E-state index < -0.39 is 0 Å². The van der Waals surface area contributed by atoms with Gasteiger partial charge in [-0.2, -0.15) is 0 Å². The number of nitrogens with one attached hydrogen (secondary N) is 1. The van der Waals surface area contributed by atoms with E-state index in [2.05, 4.69) is 39.6 Å². The van der Waals surface area contributed by atoms with Crippen LogP contribution in [0.15, 0.2) is 12.7 Å². The average Bonchev–Trinajstić information content (AvgIpc) is 3.49. The van der Waals surface area contributed by atoms with Crippen LogP contribution in [-0.2, 0) is 13.6 Å². The van der Waals surface area contributed by atoms with E-state index in [1.54, 1.807) is 6.33 Å². The highest BCUT2D eigenvalue weighted by Gasteiger charge is 2.29. The third-order valence-electron chi connectivity index (χ3n) is 4.65. The lowest BCUT2D eigenvalue weighted by molar-refractivity contribution is 0.755. The van der Waals surface area contributed by atoms with Crippen LogP contribution in [0.2, 0.25) is 0 Å². The highest BCUT2D eigenvalue weighted by atomic mass is 15.3. The number of fused-ring (bicyclic) bond motifs is 1. The summed E-state index contributed by atoms with van der Waals surface area (Å²) in [4.78, 5) is 13.2. The van der Waals surface area contributed by atoms with E-state index in [4.69, 9.17) is 0 Å². The predicted molar refractivity (Wildman–Crippen MR) is 83.9 cm³/mol. The van der Waals surface area contributed by atoms with Crippen molar-refractivity contribution in [1.82, 2.24) is 34.3 Å². The lowest BCUT2D eigenvalue weighted by atomic mass is 10.4. The lowest BCUT2D eigenvalue weighted by Gasteiger charge is -2.07. The minimum Gasteiger partial charge on any atom is -0.361 e. The molecule has 0 radical (unpaired) electrons. The van der Waals surface area contributed by atoms with Gasteiger partial charge < -0.3 is 14.5 Å². The molecule has 0 saturated heterocycles. The molecule has 2 aliphatic rings. The molecule has 8 heteroatoms. The van der Waals surface area contributed by atoms with Crippen LogP contribution in [0.25, 0.3) is 11.2 Å². The molecule has 3 heterocycles. The normalized spacial score (nSPS) is 17.8. The van der Waals surface area contributed by atoms with Gasteiger partial charge in [0.15, 0.2) is 17.3 Å². The van der Waals surface area contributed by atoms with Crippen molar-refractivity contribution in [3.05, 3.63) is 24.3 Å². The molecular weight excluding hydrogens is 292 g/mol. The van der Waals surface area contributed by atoms with Crippen LogP contribution in [0.3, 0.4) is 0 Å². The summed E-state index contributed by atoms with van der Waals surface area (Å²) in [6.07, 6.45) is 8.34. The second kappa shape index (κ2) is 4.74. The SMILES string of the molecule is Cn1c(CNc2ncnc3c2ncn3C2CC2)nnc1C1CC1. The number of nitrogens with zero attached hydrogens (tertiary/aromatic N) is 7. The fourth-order valence-corrected chi connectivity index (χ4v) is 2.99. The maximum Gasteiger partial charge on any atom is 0.165 e. The molecule has 118 valence electrons. The molecule has 0 bridgehead atoms. The maximum absolute atomic E-state index is 4.49. The molecule has 2 saturated carbocycles. The molecular formula is C15H18N8. The van der Waals surface area contributed by atoms with Gasteiger partial charge in [0.25, 0.3) is 0 Å². The summed E-state index contributed by atoms with van der Waals surface area (Å²) in [7, 11) is 2.03. The monoisotopic (exact) mass is 310 g/mol. The Labute approximate surface area is 133 Å². The first-order valence-corrected chi connectivity index (χ1v) is 8.11. The van der Waals surface area contributed by atoms with Crippen LogP contribution in [0.4, 0.5) is 5.82 Å². The Morgan fingerprint density at radius 3 is 2.78 bits per heavy atom. The van der Waals surface area contributed by atoms with E-state index >= 15 is 0 Å². The van der Waals surface area contributed by atoms with Crippen LogP contribution in [0, 0.1) is 0 Å². The standard InChI is InChI=1S/C15H18N8/c1-22-11(20-21-14(22)9-2-3-9)6-16-13-12-15(18-7-17-13)23(8-19-12)10-4-5-10/h7-10H,2-6H2,1H3,(H,16,17,18). The first-order chi connectivity index (χ1) is 11.3. The van der Waals surface area contributed by atoms with E-state index in [1.807, 2.05) is 13.4 Å². The van der Waals surface area contributed by atoms with Gasteiger partial charge in [-0.15, -0.1) is 10.2 Å². The van der Waals surface area contributed by atoms with Gasteiger partial charge in [-0.1, -0.05) is 0 Å². The van der Waals surface area contributed by atoms with E-state index in [0.29, 0.717) is 18.5 Å². The number of aromatic nitrogens is 7. The number of rotatable bonds is 5. The molecule has 2 aliphatic carbocycles. The van der Waals surface area contributed by atoms with Gasteiger partial charge in [0.1, 0.15) is 17.7 Å². The molecule has 8 nitrogen and oxygen atoms in total. The van der Waals surface area contributed by atoms with Crippen molar-refractivity contribution in [3.8, 4) is 0 Å². The fraction of sp³-hybridized carbons (Fsp3) is 0.533. The molecule has 3 aromatic rings. The van der Waals surface area contributed by atoms with Crippen molar-refractivity contribution in [2.75, 3.05) is 5.32 Å². The van der Waals surface area contributed by atoms with Crippen LogP contribution in [0.1, 0.15) is 49.3 Å². The Morgan fingerprint density at radius 1 is 1.13 bits per heavy atom. The van der Waals surface area contributed by atoms with Crippen molar-refractivity contribution in [1.29, 1.82) is 0 Å². The predicted octanol–water partition coefficient (Wildman–Crippen LogP) is 1.78. The van der Waals surface area contributed by atoms with Gasteiger partial charge in [-0.3, -0.25) is 0 Å². The van der Waals surface area contributed by atoms with Crippen LogP contribution in [0.5, 0.6) is 0 Å². The molecule has 0 atom stereocenters. The summed E-state index contributed by atoms with van der Waals surface area (Å²) in [6.45, 7) is 0.582. The largest absolute Gasteiger partial charge is 0.361 e. The molecule has 0 unspecified atom stereocenters. The van der Waals surface area contributed by atoms with Gasteiger partial charge in [-0.25, -0.2) is 15.0 Å². The minimum atomic E-state index is 0.558. The third kappa shape index (κ3) is 2.16. The molecule has 3 aromatic heterocycles. The summed E-state index contributed by atoms with van der Waals surface area (Å²) in [6, 6.07) is 0.558. The Morgan fingerprint density at radius 2 is 2.00 bits per heavy atom. The molecule has 0 aromatic carbocycles. The van der Waals surface area contributed by atoms with E-state index in [1.165, 1.54) is 25.7 Å². The Hall–Kier alpha value is -2.51. The third-order valence-corrected chi connectivity index (χ3v) is 4.65. The Kier molecular flexibility index (Phi) is 2.67. The van der Waals surface area contributed by atoms with Crippen molar-refractivity contribution < 1.29 is 0 Å². The molecule has 0 aliphatic heterocycles. The van der Waals surface area contributed by atoms with E-state index in [0.717, 1.165) is 28.6 Å². The number of anilines is 1. The molecule has 1 N–H and O–H groups in total. The number of hydrogen-bond donors (Lipinski definition) is 1. The lowest BCUT2D eigenvalue weighted by Crippen LogP contribution is -2.09. The van der Waals surface area contributed by atoms with E-state index in [9.17, 15) is 0 Å². The second-order valence-electron chi connectivity index (χ2n) is 6.44. The Balaban J connectivity index is 1.41. The highest BCUT2D eigenvalue weighted by Crippen LogP contribution is 2.39. The van der Waals surface area contributed by atoms with Gasteiger partial charge in [0.2, 0.25) is 0 Å². The molecule has 0 amide bonds. The van der Waals surface area contributed by atoms with Crippen LogP contribution < -0.4 is 5.32 Å². The zero-order valence-electron chi connectivity index (χ0n) is 13.0. The molecule has 0 spiro atoms. The van der Waals surface area contributed by atoms with Crippen molar-refractivity contribution in [2.45, 2.75) is 44.2 Å². The summed E-state index contributed by atoms with van der Waals surface area (Å²) in [5, 5.41) is 11.9. The van der Waals surface area contributed by atoms with Gasteiger partial charge in [-0.05, 0) is 25.7 Å². The smallest absolute Gasteiger partial charge is 0.165 e. The summed E-state index contributed by atoms with van der Waals surface area (Å²) >= 11 is 0. The van der Waals surface area contributed by atoms with Crippen molar-refractivity contribution in [3.63, 3.8) is 0 Å². The molecule has 2 fully saturated rings. The minimum absolute atomic E-state index is 0.558. The van der Waals surface area contributed by atoms with E-state index in [-0.39, 0.29) is 0 Å². The second-order valence-corrected chi connectivity index (χ2v) is 6.44. The van der Waals surface area contributed by atoms with Crippen LogP contribution >= 0.6 is 0 Å². The first kappa shape index (κ1) is 13.0. The van der Waals surface area contributed by atoms with Crippen molar-refractivity contribution in [2.24, 2.45) is 7.05 Å². The fourth-order valence-electron chi connectivity index (χ4n) is 2.99.